The van der Waals surface area contributed by atoms with Crippen LogP contribution in [0.3, 0.4) is 0 Å². The van der Waals surface area contributed by atoms with Gasteiger partial charge < -0.3 is 5.32 Å². The summed E-state index contributed by atoms with van der Waals surface area (Å²) in [4.78, 5) is 3.98. The summed E-state index contributed by atoms with van der Waals surface area (Å²) in [6, 6.07) is 7.92. The highest BCUT2D eigenvalue weighted by molar-refractivity contribution is 5.32. The smallest absolute Gasteiger partial charge is 0.148 e. The van der Waals surface area contributed by atoms with Crippen molar-refractivity contribution >= 4 is 5.82 Å². The van der Waals surface area contributed by atoms with Crippen LogP contribution in [0.4, 0.5) is 5.82 Å². The molecular weight excluding hydrogens is 200 g/mol. The molecule has 2 rings (SSSR count). The van der Waals surface area contributed by atoms with E-state index in [-0.39, 0.29) is 0 Å². The topological polar surface area (TPSA) is 50.7 Å². The van der Waals surface area contributed by atoms with Crippen molar-refractivity contribution < 1.29 is 0 Å². The molecular formula is C12H14N4. The maximum atomic E-state index is 4.04. The summed E-state index contributed by atoms with van der Waals surface area (Å²) in [6.07, 6.45) is 4.57. The van der Waals surface area contributed by atoms with Crippen molar-refractivity contribution in [3.8, 4) is 0 Å². The van der Waals surface area contributed by atoms with E-state index in [4.69, 9.17) is 0 Å². The van der Waals surface area contributed by atoms with Gasteiger partial charge in [0.25, 0.3) is 0 Å². The van der Waals surface area contributed by atoms with Crippen molar-refractivity contribution in [2.24, 2.45) is 0 Å². The Kier molecular flexibility index (Phi) is 3.43. The van der Waals surface area contributed by atoms with Crippen molar-refractivity contribution in [2.75, 3.05) is 11.9 Å². The molecule has 2 aromatic rings. The molecule has 16 heavy (non-hydrogen) atoms. The highest BCUT2D eigenvalue weighted by Gasteiger charge is 1.95. The molecule has 0 spiro atoms. The van der Waals surface area contributed by atoms with Crippen LogP contribution in [0.25, 0.3) is 0 Å². The quantitative estimate of drug-likeness (QED) is 0.843. The Labute approximate surface area is 94.8 Å². The summed E-state index contributed by atoms with van der Waals surface area (Å²) in [7, 11) is 0. The molecule has 0 atom stereocenters. The molecule has 0 saturated carbocycles. The van der Waals surface area contributed by atoms with Crippen LogP contribution in [0.15, 0.2) is 36.7 Å². The van der Waals surface area contributed by atoms with Crippen LogP contribution < -0.4 is 5.32 Å². The predicted octanol–water partition coefficient (Wildman–Crippen LogP) is 1.83. The van der Waals surface area contributed by atoms with Crippen LogP contribution in [0.1, 0.15) is 11.3 Å². The first-order chi connectivity index (χ1) is 7.84. The number of rotatable bonds is 4. The first-order valence-corrected chi connectivity index (χ1v) is 5.28. The second-order valence-electron chi connectivity index (χ2n) is 3.59. The average molecular weight is 214 g/mol. The molecule has 0 saturated heterocycles. The largest absolute Gasteiger partial charge is 0.368 e. The number of aryl methyl sites for hydroxylation is 1. The lowest BCUT2D eigenvalue weighted by Gasteiger charge is -2.04. The van der Waals surface area contributed by atoms with E-state index in [0.717, 1.165) is 24.5 Å². The average Bonchev–Trinajstić information content (AvgIpc) is 2.33. The van der Waals surface area contributed by atoms with Gasteiger partial charge in [-0.3, -0.25) is 4.98 Å². The van der Waals surface area contributed by atoms with Gasteiger partial charge in [-0.15, -0.1) is 5.10 Å². The fourth-order valence-corrected chi connectivity index (χ4v) is 1.38. The van der Waals surface area contributed by atoms with Crippen LogP contribution in [-0.4, -0.2) is 21.7 Å². The lowest BCUT2D eigenvalue weighted by molar-refractivity contribution is 0.943. The van der Waals surface area contributed by atoms with Crippen LogP contribution in [0.5, 0.6) is 0 Å². The summed E-state index contributed by atoms with van der Waals surface area (Å²) in [6.45, 7) is 2.77. The van der Waals surface area contributed by atoms with Crippen molar-refractivity contribution in [3.05, 3.63) is 47.9 Å². The van der Waals surface area contributed by atoms with Gasteiger partial charge in [0.2, 0.25) is 0 Å². The number of aromatic nitrogens is 3. The summed E-state index contributed by atoms with van der Waals surface area (Å²) in [5.74, 6) is 0.819. The lowest BCUT2D eigenvalue weighted by atomic mass is 10.2. The number of anilines is 1. The van der Waals surface area contributed by atoms with Crippen molar-refractivity contribution in [1.82, 2.24) is 15.2 Å². The molecule has 0 unspecified atom stereocenters. The monoisotopic (exact) mass is 214 g/mol. The molecule has 0 amide bonds. The summed E-state index contributed by atoms with van der Waals surface area (Å²) >= 11 is 0. The maximum absolute atomic E-state index is 4.04. The van der Waals surface area contributed by atoms with Crippen LogP contribution in [0, 0.1) is 6.92 Å². The predicted molar refractivity (Wildman–Crippen MR) is 63.2 cm³/mol. The minimum absolute atomic E-state index is 0.819. The van der Waals surface area contributed by atoms with E-state index in [2.05, 4.69) is 20.5 Å². The van der Waals surface area contributed by atoms with Crippen LogP contribution in [-0.2, 0) is 6.42 Å². The second-order valence-corrected chi connectivity index (χ2v) is 3.59. The number of hydrogen-bond acceptors (Lipinski definition) is 4. The molecule has 0 aliphatic heterocycles. The van der Waals surface area contributed by atoms with Gasteiger partial charge in [-0.1, -0.05) is 0 Å². The normalized spacial score (nSPS) is 10.1. The summed E-state index contributed by atoms with van der Waals surface area (Å²) < 4.78 is 0. The van der Waals surface area contributed by atoms with Crippen molar-refractivity contribution in [2.45, 2.75) is 13.3 Å². The number of hydrogen-bond donors (Lipinski definition) is 1. The highest BCUT2D eigenvalue weighted by atomic mass is 15.2. The van der Waals surface area contributed by atoms with Crippen molar-refractivity contribution in [1.29, 1.82) is 0 Å². The van der Waals surface area contributed by atoms with Gasteiger partial charge in [-0.05, 0) is 43.2 Å². The number of nitrogens with one attached hydrogen (secondary N) is 1. The first kappa shape index (κ1) is 10.5. The van der Waals surface area contributed by atoms with Gasteiger partial charge >= 0.3 is 0 Å². The molecule has 0 aliphatic carbocycles. The second kappa shape index (κ2) is 5.21. The van der Waals surface area contributed by atoms with E-state index in [9.17, 15) is 0 Å². The van der Waals surface area contributed by atoms with E-state index in [0.29, 0.717) is 0 Å². The van der Waals surface area contributed by atoms with Gasteiger partial charge in [-0.2, -0.15) is 5.10 Å². The molecule has 0 fully saturated rings. The molecule has 82 valence electrons. The molecule has 0 aromatic carbocycles. The van der Waals surface area contributed by atoms with E-state index in [1.165, 1.54) is 5.56 Å². The van der Waals surface area contributed by atoms with Crippen LogP contribution in [0.2, 0.25) is 0 Å². The minimum atomic E-state index is 0.819. The standard InChI is InChI=1S/C12H14N4/c1-10-2-3-12(16-15-10)14-9-6-11-4-7-13-8-5-11/h2-5,7-8H,6,9H2,1H3,(H,14,16). The maximum Gasteiger partial charge on any atom is 0.148 e. The Hall–Kier alpha value is -1.97. The van der Waals surface area contributed by atoms with Gasteiger partial charge in [0.1, 0.15) is 5.82 Å². The molecule has 0 aliphatic rings. The first-order valence-electron chi connectivity index (χ1n) is 5.28. The van der Waals surface area contributed by atoms with E-state index in [1.807, 2.05) is 31.2 Å². The molecule has 2 heterocycles. The number of nitrogens with zero attached hydrogens (tertiary/aromatic N) is 3. The van der Waals surface area contributed by atoms with E-state index < -0.39 is 0 Å². The van der Waals surface area contributed by atoms with Crippen LogP contribution >= 0.6 is 0 Å². The number of pyridine rings is 1. The Morgan fingerprint density at radius 1 is 1.06 bits per heavy atom. The molecule has 4 nitrogen and oxygen atoms in total. The Morgan fingerprint density at radius 3 is 2.56 bits per heavy atom. The lowest BCUT2D eigenvalue weighted by Crippen LogP contribution is -2.07. The van der Waals surface area contributed by atoms with E-state index in [1.54, 1.807) is 12.4 Å². The third kappa shape index (κ3) is 3.02. The Balaban J connectivity index is 1.82. The molecule has 1 N–H and O–H groups in total. The zero-order valence-corrected chi connectivity index (χ0v) is 9.22. The zero-order chi connectivity index (χ0) is 11.2. The molecule has 0 radical (unpaired) electrons. The SMILES string of the molecule is Cc1ccc(NCCc2ccncc2)nn1. The summed E-state index contributed by atoms with van der Waals surface area (Å²) in [5, 5.41) is 11.2. The molecule has 2 aromatic heterocycles. The van der Waals surface area contributed by atoms with Gasteiger partial charge in [0, 0.05) is 18.9 Å². The Bertz CT molecular complexity index is 425. The Morgan fingerprint density at radius 2 is 1.88 bits per heavy atom. The van der Waals surface area contributed by atoms with Gasteiger partial charge in [0.15, 0.2) is 0 Å². The minimum Gasteiger partial charge on any atom is -0.368 e. The zero-order valence-electron chi connectivity index (χ0n) is 9.22. The third-order valence-electron chi connectivity index (χ3n) is 2.27. The highest BCUT2D eigenvalue weighted by Crippen LogP contribution is 2.02. The molecule has 0 bridgehead atoms. The van der Waals surface area contributed by atoms with Crippen molar-refractivity contribution in [3.63, 3.8) is 0 Å². The molecule has 4 heteroatoms. The van der Waals surface area contributed by atoms with Gasteiger partial charge in [0.05, 0.1) is 5.69 Å². The fourth-order valence-electron chi connectivity index (χ4n) is 1.38. The van der Waals surface area contributed by atoms with E-state index >= 15 is 0 Å². The summed E-state index contributed by atoms with van der Waals surface area (Å²) in [5.41, 5.74) is 2.20. The third-order valence-corrected chi connectivity index (χ3v) is 2.27. The fraction of sp³-hybridized carbons (Fsp3) is 0.250. The van der Waals surface area contributed by atoms with Gasteiger partial charge in [-0.25, -0.2) is 0 Å².